The second-order valence-corrected chi connectivity index (χ2v) is 9.87. The van der Waals surface area contributed by atoms with Gasteiger partial charge >= 0.3 is 0 Å². The van der Waals surface area contributed by atoms with Gasteiger partial charge in [-0.25, -0.2) is 4.39 Å². The lowest BCUT2D eigenvalue weighted by molar-refractivity contribution is 0.622. The summed E-state index contributed by atoms with van der Waals surface area (Å²) >= 11 is 0. The van der Waals surface area contributed by atoms with Crippen molar-refractivity contribution in [1.29, 1.82) is 0 Å². The number of rotatable bonds is 11. The molecule has 37 heavy (non-hydrogen) atoms. The minimum absolute atomic E-state index is 0.165. The van der Waals surface area contributed by atoms with Crippen LogP contribution in [0.25, 0.3) is 12.2 Å². The fourth-order valence-electron chi connectivity index (χ4n) is 4.64. The standard InChI is InChI=1S/C36H37F/c1-3-4-6-9-29-12-14-30(15-13-29)18-21-33-23-25-35(36(37)27-33)24-22-31-16-19-32(20-17-31)26-28(2)34-10-7-5-8-11-34/h3-5,7-8,10-17,19-20,22-25,27-28H,6,9,18,21,26H2,1-2H3/t28-/m0/s1. The highest BCUT2D eigenvalue weighted by Crippen LogP contribution is 2.21. The van der Waals surface area contributed by atoms with E-state index in [0.717, 1.165) is 43.2 Å². The second kappa shape index (κ2) is 13.6. The lowest BCUT2D eigenvalue weighted by Crippen LogP contribution is -1.98. The molecule has 0 aliphatic heterocycles. The van der Waals surface area contributed by atoms with Gasteiger partial charge in [-0.05, 0) is 84.4 Å². The van der Waals surface area contributed by atoms with Gasteiger partial charge in [0.05, 0.1) is 0 Å². The summed E-state index contributed by atoms with van der Waals surface area (Å²) in [5, 5.41) is 0. The molecule has 0 amide bonds. The van der Waals surface area contributed by atoms with Crippen LogP contribution in [0.5, 0.6) is 0 Å². The third-order valence-corrected chi connectivity index (χ3v) is 6.97. The Labute approximate surface area is 222 Å². The largest absolute Gasteiger partial charge is 0.206 e. The van der Waals surface area contributed by atoms with Crippen LogP contribution in [0.2, 0.25) is 0 Å². The molecule has 0 N–H and O–H groups in total. The lowest BCUT2D eigenvalue weighted by Gasteiger charge is -2.12. The first-order valence-electron chi connectivity index (χ1n) is 13.4. The van der Waals surface area contributed by atoms with Crippen molar-refractivity contribution in [1.82, 2.24) is 0 Å². The van der Waals surface area contributed by atoms with Crippen molar-refractivity contribution in [3.63, 3.8) is 0 Å². The molecule has 0 aliphatic rings. The molecule has 1 atom stereocenters. The topological polar surface area (TPSA) is 0 Å². The Kier molecular flexibility index (Phi) is 9.66. The summed E-state index contributed by atoms with van der Waals surface area (Å²) < 4.78 is 14.8. The van der Waals surface area contributed by atoms with E-state index in [9.17, 15) is 4.39 Å². The first kappa shape index (κ1) is 26.4. The third-order valence-electron chi connectivity index (χ3n) is 6.97. The van der Waals surface area contributed by atoms with Gasteiger partial charge in [-0.15, -0.1) is 0 Å². The molecule has 4 rings (SSSR count). The maximum atomic E-state index is 14.8. The quantitative estimate of drug-likeness (QED) is 0.146. The van der Waals surface area contributed by atoms with Gasteiger partial charge in [-0.1, -0.05) is 122 Å². The van der Waals surface area contributed by atoms with Crippen LogP contribution in [0.3, 0.4) is 0 Å². The molecule has 0 nitrogen and oxygen atoms in total. The van der Waals surface area contributed by atoms with E-state index in [-0.39, 0.29) is 5.82 Å². The Balaban J connectivity index is 1.29. The van der Waals surface area contributed by atoms with E-state index >= 15 is 0 Å². The minimum Gasteiger partial charge on any atom is -0.206 e. The summed E-state index contributed by atoms with van der Waals surface area (Å²) in [4.78, 5) is 0. The SMILES string of the molecule is CC=CCCc1ccc(CCc2ccc(C=Cc3ccc(C[C@H](C)c4ccccc4)cc3)c(F)c2)cc1. The molecule has 0 bridgehead atoms. The Morgan fingerprint density at radius 1 is 0.676 bits per heavy atom. The molecule has 0 aromatic heterocycles. The van der Waals surface area contributed by atoms with Crippen molar-refractivity contribution in [2.24, 2.45) is 0 Å². The van der Waals surface area contributed by atoms with E-state index in [1.807, 2.05) is 24.3 Å². The van der Waals surface area contributed by atoms with Crippen molar-refractivity contribution in [2.75, 3.05) is 0 Å². The van der Waals surface area contributed by atoms with Crippen molar-refractivity contribution >= 4 is 12.2 Å². The summed E-state index contributed by atoms with van der Waals surface area (Å²) in [7, 11) is 0. The van der Waals surface area contributed by atoms with Gasteiger partial charge < -0.3 is 0 Å². The highest BCUT2D eigenvalue weighted by atomic mass is 19.1. The number of hydrogen-bond donors (Lipinski definition) is 0. The number of benzene rings is 4. The van der Waals surface area contributed by atoms with Gasteiger partial charge in [0, 0.05) is 5.56 Å². The zero-order valence-corrected chi connectivity index (χ0v) is 22.0. The maximum absolute atomic E-state index is 14.8. The zero-order valence-electron chi connectivity index (χ0n) is 22.0. The van der Waals surface area contributed by atoms with Gasteiger partial charge in [-0.3, -0.25) is 0 Å². The molecule has 0 unspecified atom stereocenters. The van der Waals surface area contributed by atoms with E-state index in [1.54, 1.807) is 6.07 Å². The van der Waals surface area contributed by atoms with E-state index in [2.05, 4.69) is 105 Å². The highest BCUT2D eigenvalue weighted by molar-refractivity contribution is 5.70. The molecule has 0 aliphatic carbocycles. The molecule has 0 saturated carbocycles. The van der Waals surface area contributed by atoms with E-state index in [1.165, 1.54) is 22.3 Å². The second-order valence-electron chi connectivity index (χ2n) is 9.87. The van der Waals surface area contributed by atoms with Crippen LogP contribution in [0, 0.1) is 5.82 Å². The number of hydrogen-bond acceptors (Lipinski definition) is 0. The summed E-state index contributed by atoms with van der Waals surface area (Å²) in [5.74, 6) is 0.309. The van der Waals surface area contributed by atoms with Gasteiger partial charge in [-0.2, -0.15) is 0 Å². The van der Waals surface area contributed by atoms with Crippen molar-refractivity contribution in [3.8, 4) is 0 Å². The fourth-order valence-corrected chi connectivity index (χ4v) is 4.64. The monoisotopic (exact) mass is 488 g/mol. The van der Waals surface area contributed by atoms with Crippen LogP contribution >= 0.6 is 0 Å². The molecule has 188 valence electrons. The van der Waals surface area contributed by atoms with Crippen molar-refractivity contribution < 1.29 is 4.39 Å². The summed E-state index contributed by atoms with van der Waals surface area (Å²) in [6.45, 7) is 4.32. The molecule has 1 heteroatoms. The van der Waals surface area contributed by atoms with Gasteiger partial charge in [0.15, 0.2) is 0 Å². The summed E-state index contributed by atoms with van der Waals surface area (Å²) in [6, 6.07) is 33.6. The molecule has 0 spiro atoms. The molecule has 0 heterocycles. The van der Waals surface area contributed by atoms with Crippen LogP contribution in [-0.2, 0) is 25.7 Å². The van der Waals surface area contributed by atoms with Crippen LogP contribution < -0.4 is 0 Å². The van der Waals surface area contributed by atoms with Gasteiger partial charge in [0.25, 0.3) is 0 Å². The predicted octanol–water partition coefficient (Wildman–Crippen LogP) is 9.64. The van der Waals surface area contributed by atoms with Crippen molar-refractivity contribution in [2.45, 2.75) is 51.9 Å². The normalized spacial score (nSPS) is 12.4. The van der Waals surface area contributed by atoms with E-state index in [4.69, 9.17) is 0 Å². The Hall–Kier alpha value is -3.71. The molecule has 0 fully saturated rings. The van der Waals surface area contributed by atoms with Gasteiger partial charge in [0.2, 0.25) is 0 Å². The van der Waals surface area contributed by atoms with E-state index < -0.39 is 0 Å². The van der Waals surface area contributed by atoms with Crippen LogP contribution in [0.1, 0.15) is 65.1 Å². The van der Waals surface area contributed by atoms with Gasteiger partial charge in [0.1, 0.15) is 5.82 Å². The average Bonchev–Trinajstić information content (AvgIpc) is 2.93. The predicted molar refractivity (Wildman–Crippen MR) is 157 cm³/mol. The minimum atomic E-state index is -0.165. The molecular formula is C36H37F. The fraction of sp³-hybridized carbons (Fsp3) is 0.222. The maximum Gasteiger partial charge on any atom is 0.130 e. The number of aryl methyl sites for hydroxylation is 3. The van der Waals surface area contributed by atoms with E-state index in [0.29, 0.717) is 11.5 Å². The molecule has 4 aromatic carbocycles. The first-order chi connectivity index (χ1) is 18.1. The molecular weight excluding hydrogens is 451 g/mol. The third kappa shape index (κ3) is 8.15. The first-order valence-corrected chi connectivity index (χ1v) is 13.4. The number of halogens is 1. The molecule has 4 aromatic rings. The smallest absolute Gasteiger partial charge is 0.130 e. The lowest BCUT2D eigenvalue weighted by atomic mass is 9.93. The van der Waals surface area contributed by atoms with Crippen molar-refractivity contribution in [3.05, 3.63) is 154 Å². The van der Waals surface area contributed by atoms with Crippen LogP contribution in [-0.4, -0.2) is 0 Å². The average molecular weight is 489 g/mol. The Morgan fingerprint density at radius 2 is 1.30 bits per heavy atom. The molecule has 0 saturated heterocycles. The van der Waals surface area contributed by atoms with Crippen LogP contribution in [0.15, 0.2) is 109 Å². The highest BCUT2D eigenvalue weighted by Gasteiger charge is 2.06. The Bertz CT molecular complexity index is 1300. The number of allylic oxidation sites excluding steroid dienone is 2. The zero-order chi connectivity index (χ0) is 25.9. The Morgan fingerprint density at radius 3 is 1.97 bits per heavy atom. The summed E-state index contributed by atoms with van der Waals surface area (Å²) in [6.07, 6.45) is 13.1. The summed E-state index contributed by atoms with van der Waals surface area (Å²) in [5.41, 5.74) is 8.06. The molecule has 0 radical (unpaired) electrons. The van der Waals surface area contributed by atoms with Crippen LogP contribution in [0.4, 0.5) is 4.39 Å².